The number of nitrogens with zero attached hydrogens (tertiary/aromatic N) is 1. The highest BCUT2D eigenvalue weighted by molar-refractivity contribution is 5.78. The lowest BCUT2D eigenvalue weighted by Gasteiger charge is -2.30. The van der Waals surface area contributed by atoms with Gasteiger partial charge >= 0.3 is 5.97 Å². The molecule has 1 aliphatic rings. The monoisotopic (exact) mass is 256 g/mol. The minimum atomic E-state index is -0.151. The molecule has 0 bridgehead atoms. The molecule has 0 radical (unpaired) electrons. The maximum absolute atomic E-state index is 11.5. The first-order chi connectivity index (χ1) is 8.67. The van der Waals surface area contributed by atoms with Crippen LogP contribution in [-0.2, 0) is 14.3 Å². The Kier molecular flexibility index (Phi) is 6.72. The predicted molar refractivity (Wildman–Crippen MR) is 69.1 cm³/mol. The quantitative estimate of drug-likeness (QED) is 0.564. The molecule has 1 fully saturated rings. The van der Waals surface area contributed by atoms with Crippen molar-refractivity contribution in [3.8, 4) is 0 Å². The zero-order valence-electron chi connectivity index (χ0n) is 11.4. The first kappa shape index (κ1) is 15.0. The van der Waals surface area contributed by atoms with Crippen LogP contribution in [0.2, 0.25) is 0 Å². The van der Waals surface area contributed by atoms with Crippen LogP contribution in [0.15, 0.2) is 0 Å². The van der Waals surface area contributed by atoms with Crippen LogP contribution in [0.3, 0.4) is 0 Å². The molecule has 0 unspecified atom stereocenters. The Labute approximate surface area is 109 Å². The van der Waals surface area contributed by atoms with Crippen LogP contribution in [0.5, 0.6) is 0 Å². The zero-order chi connectivity index (χ0) is 13.4. The summed E-state index contributed by atoms with van der Waals surface area (Å²) in [5.74, 6) is 0.0596. The molecule has 1 N–H and O–H groups in total. The Morgan fingerprint density at radius 1 is 1.33 bits per heavy atom. The number of unbranched alkanes of at least 4 members (excludes halogenated alkanes) is 1. The van der Waals surface area contributed by atoms with E-state index in [-0.39, 0.29) is 17.8 Å². The molecule has 1 amide bonds. The number of hydrogen-bond acceptors (Lipinski definition) is 4. The maximum atomic E-state index is 11.5. The van der Waals surface area contributed by atoms with Gasteiger partial charge in [0.15, 0.2) is 0 Å². The average Bonchev–Trinajstić information content (AvgIpc) is 2.39. The van der Waals surface area contributed by atoms with Gasteiger partial charge < -0.3 is 10.1 Å². The fourth-order valence-electron chi connectivity index (χ4n) is 2.12. The van der Waals surface area contributed by atoms with Crippen LogP contribution in [0.1, 0.15) is 32.6 Å². The van der Waals surface area contributed by atoms with E-state index < -0.39 is 0 Å². The van der Waals surface area contributed by atoms with Crippen molar-refractivity contribution in [2.24, 2.45) is 5.92 Å². The molecule has 0 aromatic heterocycles. The van der Waals surface area contributed by atoms with E-state index in [0.29, 0.717) is 13.2 Å². The van der Waals surface area contributed by atoms with Gasteiger partial charge in [-0.1, -0.05) is 13.3 Å². The average molecular weight is 256 g/mol. The van der Waals surface area contributed by atoms with Crippen LogP contribution in [0, 0.1) is 5.92 Å². The molecule has 0 atom stereocenters. The zero-order valence-corrected chi connectivity index (χ0v) is 11.4. The van der Waals surface area contributed by atoms with Gasteiger partial charge in [-0.05, 0) is 32.4 Å². The van der Waals surface area contributed by atoms with Crippen LogP contribution < -0.4 is 5.32 Å². The number of hydrogen-bond donors (Lipinski definition) is 1. The predicted octanol–water partition coefficient (Wildman–Crippen LogP) is 0.788. The highest BCUT2D eigenvalue weighted by Crippen LogP contribution is 2.16. The summed E-state index contributed by atoms with van der Waals surface area (Å²) >= 11 is 0. The molecule has 0 aromatic rings. The number of likely N-dealkylation sites (tertiary alicyclic amines) is 1. The normalized spacial score (nSPS) is 17.4. The molecule has 5 heteroatoms. The van der Waals surface area contributed by atoms with E-state index in [0.717, 1.165) is 38.8 Å². The molecule has 1 heterocycles. The summed E-state index contributed by atoms with van der Waals surface area (Å²) in [4.78, 5) is 25.0. The Hall–Kier alpha value is -1.10. The molecule has 104 valence electrons. The van der Waals surface area contributed by atoms with Crippen molar-refractivity contribution in [3.63, 3.8) is 0 Å². The summed E-state index contributed by atoms with van der Waals surface area (Å²) in [5, 5.41) is 2.68. The van der Waals surface area contributed by atoms with E-state index in [4.69, 9.17) is 4.74 Å². The minimum Gasteiger partial charge on any atom is -0.465 e. The van der Waals surface area contributed by atoms with Crippen molar-refractivity contribution < 1.29 is 14.3 Å². The third-order valence-electron chi connectivity index (χ3n) is 3.32. The van der Waals surface area contributed by atoms with E-state index >= 15 is 0 Å². The second-order valence-electron chi connectivity index (χ2n) is 4.74. The molecule has 0 spiro atoms. The minimum absolute atomic E-state index is 0.0994. The fraction of sp³-hybridized carbons (Fsp3) is 0.846. The Balaban J connectivity index is 2.18. The van der Waals surface area contributed by atoms with Gasteiger partial charge in [-0.3, -0.25) is 14.5 Å². The molecular formula is C13H24N2O3. The number of esters is 1. The van der Waals surface area contributed by atoms with Gasteiger partial charge in [-0.25, -0.2) is 0 Å². The first-order valence-electron chi connectivity index (χ1n) is 6.77. The summed E-state index contributed by atoms with van der Waals surface area (Å²) in [6.07, 6.45) is 3.60. The SMILES string of the molecule is CCCCOC(=O)CN1CCC(C(=O)NC)CC1. The number of piperidine rings is 1. The molecule has 1 aliphatic heterocycles. The maximum Gasteiger partial charge on any atom is 0.320 e. The van der Waals surface area contributed by atoms with Crippen molar-refractivity contribution in [1.29, 1.82) is 0 Å². The van der Waals surface area contributed by atoms with Gasteiger partial charge in [0.1, 0.15) is 0 Å². The van der Waals surface area contributed by atoms with Gasteiger partial charge in [-0.2, -0.15) is 0 Å². The highest BCUT2D eigenvalue weighted by atomic mass is 16.5. The lowest BCUT2D eigenvalue weighted by Crippen LogP contribution is -2.41. The molecule has 0 aliphatic carbocycles. The Morgan fingerprint density at radius 3 is 2.56 bits per heavy atom. The van der Waals surface area contributed by atoms with Crippen molar-refractivity contribution >= 4 is 11.9 Å². The number of amides is 1. The van der Waals surface area contributed by atoms with Gasteiger partial charge in [0.05, 0.1) is 13.2 Å². The number of rotatable bonds is 6. The molecular weight excluding hydrogens is 232 g/mol. The summed E-state index contributed by atoms with van der Waals surface area (Å²) in [6.45, 7) is 4.52. The van der Waals surface area contributed by atoms with E-state index in [1.807, 2.05) is 0 Å². The van der Waals surface area contributed by atoms with Crippen LogP contribution >= 0.6 is 0 Å². The number of carbonyl (C=O) groups excluding carboxylic acids is 2. The lowest BCUT2D eigenvalue weighted by molar-refractivity contribution is -0.145. The molecule has 0 saturated carbocycles. The Bertz CT molecular complexity index is 273. The fourth-order valence-corrected chi connectivity index (χ4v) is 2.12. The third-order valence-corrected chi connectivity index (χ3v) is 3.32. The lowest BCUT2D eigenvalue weighted by atomic mass is 9.96. The van der Waals surface area contributed by atoms with Gasteiger partial charge in [0.25, 0.3) is 0 Å². The largest absolute Gasteiger partial charge is 0.465 e. The van der Waals surface area contributed by atoms with Crippen molar-refractivity contribution in [1.82, 2.24) is 10.2 Å². The van der Waals surface area contributed by atoms with Crippen molar-refractivity contribution in [3.05, 3.63) is 0 Å². The second-order valence-corrected chi connectivity index (χ2v) is 4.74. The second kappa shape index (κ2) is 8.08. The number of nitrogens with one attached hydrogen (secondary N) is 1. The summed E-state index contributed by atoms with van der Waals surface area (Å²) < 4.78 is 5.12. The topological polar surface area (TPSA) is 58.6 Å². The summed E-state index contributed by atoms with van der Waals surface area (Å²) in [5.41, 5.74) is 0. The molecule has 0 aromatic carbocycles. The molecule has 1 saturated heterocycles. The van der Waals surface area contributed by atoms with Crippen LogP contribution in [0.25, 0.3) is 0 Å². The van der Waals surface area contributed by atoms with E-state index in [2.05, 4.69) is 17.1 Å². The van der Waals surface area contributed by atoms with Crippen molar-refractivity contribution in [2.75, 3.05) is 33.3 Å². The van der Waals surface area contributed by atoms with Gasteiger partial charge in [0, 0.05) is 13.0 Å². The summed E-state index contributed by atoms with van der Waals surface area (Å²) in [6, 6.07) is 0. The first-order valence-corrected chi connectivity index (χ1v) is 6.77. The summed E-state index contributed by atoms with van der Waals surface area (Å²) in [7, 11) is 1.67. The van der Waals surface area contributed by atoms with E-state index in [9.17, 15) is 9.59 Å². The van der Waals surface area contributed by atoms with Crippen LogP contribution in [-0.4, -0.2) is 50.1 Å². The third kappa shape index (κ3) is 5.04. The van der Waals surface area contributed by atoms with E-state index in [1.54, 1.807) is 7.05 Å². The standard InChI is InChI=1S/C13H24N2O3/c1-3-4-9-18-12(16)10-15-7-5-11(6-8-15)13(17)14-2/h11H,3-10H2,1-2H3,(H,14,17). The molecule has 5 nitrogen and oxygen atoms in total. The van der Waals surface area contributed by atoms with Gasteiger partial charge in [0.2, 0.25) is 5.91 Å². The highest BCUT2D eigenvalue weighted by Gasteiger charge is 2.25. The smallest absolute Gasteiger partial charge is 0.320 e. The van der Waals surface area contributed by atoms with Crippen LogP contribution in [0.4, 0.5) is 0 Å². The van der Waals surface area contributed by atoms with Crippen molar-refractivity contribution in [2.45, 2.75) is 32.6 Å². The molecule has 18 heavy (non-hydrogen) atoms. The van der Waals surface area contributed by atoms with E-state index in [1.165, 1.54) is 0 Å². The molecule has 1 rings (SSSR count). The number of ether oxygens (including phenoxy) is 1. The van der Waals surface area contributed by atoms with Gasteiger partial charge in [-0.15, -0.1) is 0 Å². The number of carbonyl (C=O) groups is 2. The Morgan fingerprint density at radius 2 is 2.00 bits per heavy atom.